The smallest absolute Gasteiger partial charge is 0.161 e. The molecule has 6 nitrogen and oxygen atoms in total. The van der Waals surface area contributed by atoms with Crippen LogP contribution in [0.15, 0.2) is 48.7 Å². The predicted molar refractivity (Wildman–Crippen MR) is 94.8 cm³/mol. The van der Waals surface area contributed by atoms with Crippen molar-refractivity contribution in [3.05, 3.63) is 48.7 Å². The highest BCUT2D eigenvalue weighted by atomic mass is 16.5. The molecule has 1 heterocycles. The van der Waals surface area contributed by atoms with Crippen LogP contribution in [0.5, 0.6) is 11.5 Å². The molecule has 0 saturated heterocycles. The maximum atomic E-state index is 5.99. The lowest BCUT2D eigenvalue weighted by molar-refractivity contribution is 0.355. The molecule has 0 radical (unpaired) electrons. The van der Waals surface area contributed by atoms with E-state index in [1.165, 1.54) is 0 Å². The highest BCUT2D eigenvalue weighted by Crippen LogP contribution is 2.33. The van der Waals surface area contributed by atoms with Crippen molar-refractivity contribution in [3.8, 4) is 34.0 Å². The lowest BCUT2D eigenvalue weighted by Crippen LogP contribution is -1.99. The monoisotopic (exact) mass is 322 g/mol. The summed E-state index contributed by atoms with van der Waals surface area (Å²) in [6.07, 6.45) is 1.64. The number of ether oxygens (including phenoxy) is 2. The predicted octanol–water partition coefficient (Wildman–Crippen LogP) is 2.99. The molecule has 6 heteroatoms. The molecular weight excluding hydrogens is 304 g/mol. The minimum atomic E-state index is 0.365. The molecule has 4 N–H and O–H groups in total. The third kappa shape index (κ3) is 2.94. The second-order valence-corrected chi connectivity index (χ2v) is 5.18. The SMILES string of the molecule is COc1ccc(-c2cnc(N)c(-c3ccc(N)cc3)n2)cc1OC. The van der Waals surface area contributed by atoms with E-state index in [1.807, 2.05) is 30.3 Å². The normalized spacial score (nSPS) is 10.4. The Morgan fingerprint density at radius 3 is 2.17 bits per heavy atom. The van der Waals surface area contributed by atoms with E-state index in [1.54, 1.807) is 32.5 Å². The van der Waals surface area contributed by atoms with Gasteiger partial charge in [-0.25, -0.2) is 9.97 Å². The van der Waals surface area contributed by atoms with Gasteiger partial charge >= 0.3 is 0 Å². The van der Waals surface area contributed by atoms with Crippen LogP contribution in [0.3, 0.4) is 0 Å². The summed E-state index contributed by atoms with van der Waals surface area (Å²) in [6.45, 7) is 0. The van der Waals surface area contributed by atoms with Gasteiger partial charge in [0.2, 0.25) is 0 Å². The van der Waals surface area contributed by atoms with E-state index in [9.17, 15) is 0 Å². The number of rotatable bonds is 4. The zero-order chi connectivity index (χ0) is 17.1. The Labute approximate surface area is 140 Å². The average molecular weight is 322 g/mol. The number of nitrogens with zero attached hydrogens (tertiary/aromatic N) is 2. The molecule has 0 unspecified atom stereocenters. The number of hydrogen-bond acceptors (Lipinski definition) is 6. The third-order valence-electron chi connectivity index (χ3n) is 3.66. The Kier molecular flexibility index (Phi) is 4.20. The van der Waals surface area contributed by atoms with Crippen molar-refractivity contribution in [2.75, 3.05) is 25.7 Å². The van der Waals surface area contributed by atoms with Crippen LogP contribution in [0.4, 0.5) is 11.5 Å². The second-order valence-electron chi connectivity index (χ2n) is 5.18. The lowest BCUT2D eigenvalue weighted by Gasteiger charge is -2.11. The standard InChI is InChI=1S/C18H18N4O2/c1-23-15-8-5-12(9-16(15)24-2)14-10-21-18(20)17(22-14)11-3-6-13(19)7-4-11/h3-10H,19H2,1-2H3,(H2,20,21). The molecule has 0 amide bonds. The van der Waals surface area contributed by atoms with Crippen LogP contribution in [0, 0.1) is 0 Å². The first kappa shape index (κ1) is 15.6. The van der Waals surface area contributed by atoms with Crippen LogP contribution in [0.25, 0.3) is 22.5 Å². The number of benzene rings is 2. The summed E-state index contributed by atoms with van der Waals surface area (Å²) < 4.78 is 10.6. The summed E-state index contributed by atoms with van der Waals surface area (Å²) in [6, 6.07) is 12.9. The summed E-state index contributed by atoms with van der Waals surface area (Å²) in [5, 5.41) is 0. The number of hydrogen-bond donors (Lipinski definition) is 2. The Balaban J connectivity index is 2.07. The van der Waals surface area contributed by atoms with E-state index in [0.29, 0.717) is 34.4 Å². The summed E-state index contributed by atoms with van der Waals surface area (Å²) in [5.74, 6) is 1.65. The van der Waals surface area contributed by atoms with Gasteiger partial charge in [-0.2, -0.15) is 0 Å². The Bertz CT molecular complexity index is 863. The molecule has 0 bridgehead atoms. The topological polar surface area (TPSA) is 96.3 Å². The maximum Gasteiger partial charge on any atom is 0.161 e. The lowest BCUT2D eigenvalue weighted by atomic mass is 10.1. The van der Waals surface area contributed by atoms with Crippen LogP contribution in [-0.2, 0) is 0 Å². The van der Waals surface area contributed by atoms with E-state index < -0.39 is 0 Å². The van der Waals surface area contributed by atoms with Crippen LogP contribution >= 0.6 is 0 Å². The van der Waals surface area contributed by atoms with Gasteiger partial charge in [-0.15, -0.1) is 0 Å². The second kappa shape index (κ2) is 6.45. The summed E-state index contributed by atoms with van der Waals surface area (Å²) in [5.41, 5.74) is 15.4. The van der Waals surface area contributed by atoms with Crippen molar-refractivity contribution >= 4 is 11.5 Å². The van der Waals surface area contributed by atoms with E-state index in [2.05, 4.69) is 9.97 Å². The molecule has 0 aliphatic rings. The number of methoxy groups -OCH3 is 2. The maximum absolute atomic E-state index is 5.99. The van der Waals surface area contributed by atoms with Gasteiger partial charge < -0.3 is 20.9 Å². The summed E-state index contributed by atoms with van der Waals surface area (Å²) >= 11 is 0. The summed E-state index contributed by atoms with van der Waals surface area (Å²) in [7, 11) is 3.19. The van der Waals surface area contributed by atoms with Gasteiger partial charge in [0.05, 0.1) is 26.1 Å². The Hall–Kier alpha value is -3.28. The molecule has 0 fully saturated rings. The first-order valence-electron chi connectivity index (χ1n) is 7.33. The number of aromatic nitrogens is 2. The van der Waals surface area contributed by atoms with Crippen LogP contribution in [0.2, 0.25) is 0 Å². The molecule has 0 spiro atoms. The van der Waals surface area contributed by atoms with Crippen LogP contribution in [-0.4, -0.2) is 24.2 Å². The van der Waals surface area contributed by atoms with Crippen molar-refractivity contribution < 1.29 is 9.47 Å². The van der Waals surface area contributed by atoms with Crippen LogP contribution in [0.1, 0.15) is 0 Å². The molecule has 0 aliphatic carbocycles. The highest BCUT2D eigenvalue weighted by molar-refractivity contribution is 5.74. The van der Waals surface area contributed by atoms with E-state index >= 15 is 0 Å². The van der Waals surface area contributed by atoms with E-state index in [4.69, 9.17) is 20.9 Å². The molecule has 24 heavy (non-hydrogen) atoms. The quantitative estimate of drug-likeness (QED) is 0.717. The molecule has 0 aliphatic heterocycles. The van der Waals surface area contributed by atoms with E-state index in [-0.39, 0.29) is 0 Å². The molecule has 3 aromatic rings. The molecule has 0 saturated carbocycles. The third-order valence-corrected chi connectivity index (χ3v) is 3.66. The zero-order valence-electron chi connectivity index (χ0n) is 13.5. The molecule has 122 valence electrons. The molecule has 3 rings (SSSR count). The van der Waals surface area contributed by atoms with Crippen LogP contribution < -0.4 is 20.9 Å². The molecule has 0 atom stereocenters. The highest BCUT2D eigenvalue weighted by Gasteiger charge is 2.11. The first-order chi connectivity index (χ1) is 11.6. The van der Waals surface area contributed by atoms with Crippen molar-refractivity contribution in [2.45, 2.75) is 0 Å². The minimum Gasteiger partial charge on any atom is -0.493 e. The average Bonchev–Trinajstić information content (AvgIpc) is 2.62. The zero-order valence-corrected chi connectivity index (χ0v) is 13.5. The van der Waals surface area contributed by atoms with Gasteiger partial charge in [-0.3, -0.25) is 0 Å². The fraction of sp³-hybridized carbons (Fsp3) is 0.111. The summed E-state index contributed by atoms with van der Waals surface area (Å²) in [4.78, 5) is 8.91. The van der Waals surface area contributed by atoms with Crippen molar-refractivity contribution in [1.82, 2.24) is 9.97 Å². The fourth-order valence-corrected chi connectivity index (χ4v) is 2.39. The Morgan fingerprint density at radius 1 is 0.833 bits per heavy atom. The molecule has 2 aromatic carbocycles. The fourth-order valence-electron chi connectivity index (χ4n) is 2.39. The number of nitrogen functional groups attached to an aromatic ring is 2. The van der Waals surface area contributed by atoms with Crippen molar-refractivity contribution in [1.29, 1.82) is 0 Å². The number of anilines is 2. The van der Waals surface area contributed by atoms with E-state index in [0.717, 1.165) is 11.1 Å². The van der Waals surface area contributed by atoms with Crippen molar-refractivity contribution in [2.24, 2.45) is 0 Å². The van der Waals surface area contributed by atoms with Gasteiger partial charge in [-0.1, -0.05) is 12.1 Å². The Morgan fingerprint density at radius 2 is 1.50 bits per heavy atom. The van der Waals surface area contributed by atoms with Gasteiger partial charge in [0.1, 0.15) is 11.5 Å². The van der Waals surface area contributed by atoms with Gasteiger partial charge in [0, 0.05) is 16.8 Å². The van der Waals surface area contributed by atoms with Gasteiger partial charge in [0.25, 0.3) is 0 Å². The van der Waals surface area contributed by atoms with Gasteiger partial charge in [0.15, 0.2) is 11.5 Å². The number of nitrogens with two attached hydrogens (primary N) is 2. The minimum absolute atomic E-state index is 0.365. The van der Waals surface area contributed by atoms with Crippen molar-refractivity contribution in [3.63, 3.8) is 0 Å². The van der Waals surface area contributed by atoms with Gasteiger partial charge in [-0.05, 0) is 30.3 Å². The first-order valence-corrected chi connectivity index (χ1v) is 7.33. The largest absolute Gasteiger partial charge is 0.493 e. The molecule has 1 aromatic heterocycles. The molecular formula is C18H18N4O2.